The van der Waals surface area contributed by atoms with Crippen molar-refractivity contribution in [2.75, 3.05) is 5.32 Å². The highest BCUT2D eigenvalue weighted by atomic mass is 16.2. The predicted molar refractivity (Wildman–Crippen MR) is 54.9 cm³/mol. The molecule has 1 aromatic carbocycles. The molecule has 0 aliphatic rings. The molecule has 0 unspecified atom stereocenters. The Morgan fingerprint density at radius 2 is 2.21 bits per heavy atom. The zero-order chi connectivity index (χ0) is 9.97. The van der Waals surface area contributed by atoms with Gasteiger partial charge in [0.2, 0.25) is 0 Å². The van der Waals surface area contributed by atoms with E-state index in [0.717, 1.165) is 10.8 Å². The average molecular weight is 187 g/mol. The number of aromatic nitrogens is 1. The maximum Gasteiger partial charge on any atom is 0.316 e. The quantitative estimate of drug-likeness (QED) is 0.713. The molecule has 0 saturated heterocycles. The normalized spacial score (nSPS) is 10.0. The molecule has 0 saturated carbocycles. The van der Waals surface area contributed by atoms with Crippen LogP contribution in [0, 0.1) is 0 Å². The maximum atomic E-state index is 10.7. The van der Waals surface area contributed by atoms with Crippen molar-refractivity contribution in [2.24, 2.45) is 5.73 Å². The average Bonchev–Trinajstić information content (AvgIpc) is 2.18. The number of carbonyl (C=O) groups excluding carboxylic acids is 1. The van der Waals surface area contributed by atoms with Gasteiger partial charge in [0.1, 0.15) is 0 Å². The van der Waals surface area contributed by atoms with Crippen molar-refractivity contribution in [3.63, 3.8) is 0 Å². The van der Waals surface area contributed by atoms with E-state index >= 15 is 0 Å². The van der Waals surface area contributed by atoms with Gasteiger partial charge in [0.15, 0.2) is 0 Å². The molecule has 0 aliphatic carbocycles. The van der Waals surface area contributed by atoms with Crippen LogP contribution >= 0.6 is 0 Å². The molecule has 2 rings (SSSR count). The molecule has 4 nitrogen and oxygen atoms in total. The predicted octanol–water partition coefficient (Wildman–Crippen LogP) is 1.73. The minimum atomic E-state index is -0.561. The molecule has 0 aliphatic heterocycles. The van der Waals surface area contributed by atoms with Crippen LogP contribution in [0.25, 0.3) is 10.8 Å². The number of nitrogens with two attached hydrogens (primary N) is 1. The molecular formula is C10H9N3O. The number of hydrogen-bond donors (Lipinski definition) is 2. The fourth-order valence-corrected chi connectivity index (χ4v) is 1.36. The number of primary amides is 1. The second-order valence-corrected chi connectivity index (χ2v) is 2.89. The number of fused-ring (bicyclic) bond motifs is 1. The van der Waals surface area contributed by atoms with Gasteiger partial charge in [0, 0.05) is 23.2 Å². The third-order valence-electron chi connectivity index (χ3n) is 1.94. The van der Waals surface area contributed by atoms with E-state index < -0.39 is 6.03 Å². The number of amides is 2. The number of rotatable bonds is 1. The minimum Gasteiger partial charge on any atom is -0.351 e. The van der Waals surface area contributed by atoms with Crippen LogP contribution in [0.15, 0.2) is 36.7 Å². The van der Waals surface area contributed by atoms with Crippen LogP contribution in [-0.2, 0) is 0 Å². The molecule has 0 radical (unpaired) electrons. The molecule has 3 N–H and O–H groups in total. The van der Waals surface area contributed by atoms with E-state index in [9.17, 15) is 4.79 Å². The maximum absolute atomic E-state index is 10.7. The van der Waals surface area contributed by atoms with Gasteiger partial charge in [-0.2, -0.15) is 0 Å². The zero-order valence-corrected chi connectivity index (χ0v) is 7.40. The smallest absolute Gasteiger partial charge is 0.316 e. The van der Waals surface area contributed by atoms with E-state index in [2.05, 4.69) is 10.3 Å². The fourth-order valence-electron chi connectivity index (χ4n) is 1.36. The topological polar surface area (TPSA) is 68.0 Å². The molecule has 2 amide bonds. The lowest BCUT2D eigenvalue weighted by molar-refractivity contribution is 0.259. The molecule has 1 aromatic heterocycles. The highest BCUT2D eigenvalue weighted by molar-refractivity contribution is 6.00. The first-order valence-electron chi connectivity index (χ1n) is 4.16. The van der Waals surface area contributed by atoms with Crippen LogP contribution in [0.2, 0.25) is 0 Å². The summed E-state index contributed by atoms with van der Waals surface area (Å²) in [5.41, 5.74) is 5.76. The summed E-state index contributed by atoms with van der Waals surface area (Å²) >= 11 is 0. The summed E-state index contributed by atoms with van der Waals surface area (Å²) in [6.07, 6.45) is 3.41. The lowest BCUT2D eigenvalue weighted by atomic mass is 10.1. The summed E-state index contributed by atoms with van der Waals surface area (Å²) in [6, 6.07) is 6.84. The Morgan fingerprint density at radius 1 is 1.36 bits per heavy atom. The van der Waals surface area contributed by atoms with Crippen molar-refractivity contribution in [3.8, 4) is 0 Å². The number of nitrogens with zero attached hydrogens (tertiary/aromatic N) is 1. The number of nitrogens with one attached hydrogen (secondary N) is 1. The summed E-state index contributed by atoms with van der Waals surface area (Å²) in [6.45, 7) is 0. The summed E-state index contributed by atoms with van der Waals surface area (Å²) in [7, 11) is 0. The largest absolute Gasteiger partial charge is 0.351 e. The van der Waals surface area contributed by atoms with E-state index in [1.54, 1.807) is 18.5 Å². The molecule has 4 heteroatoms. The van der Waals surface area contributed by atoms with Crippen LogP contribution in [0.4, 0.5) is 10.5 Å². The van der Waals surface area contributed by atoms with E-state index in [1.807, 2.05) is 18.2 Å². The summed E-state index contributed by atoms with van der Waals surface area (Å²) in [5, 5.41) is 4.46. The molecule has 0 fully saturated rings. The number of pyridine rings is 1. The Balaban J connectivity index is 2.59. The third-order valence-corrected chi connectivity index (χ3v) is 1.94. The second kappa shape index (κ2) is 3.33. The highest BCUT2D eigenvalue weighted by Crippen LogP contribution is 2.21. The molecule has 0 atom stereocenters. The van der Waals surface area contributed by atoms with Crippen molar-refractivity contribution in [1.82, 2.24) is 4.98 Å². The lowest BCUT2D eigenvalue weighted by Gasteiger charge is -2.05. The summed E-state index contributed by atoms with van der Waals surface area (Å²) in [5.74, 6) is 0. The Morgan fingerprint density at radius 3 is 3.00 bits per heavy atom. The van der Waals surface area contributed by atoms with Crippen LogP contribution in [0.1, 0.15) is 0 Å². The van der Waals surface area contributed by atoms with Crippen LogP contribution in [0.3, 0.4) is 0 Å². The van der Waals surface area contributed by atoms with Gasteiger partial charge in [-0.1, -0.05) is 12.1 Å². The van der Waals surface area contributed by atoms with Crippen molar-refractivity contribution in [3.05, 3.63) is 36.7 Å². The SMILES string of the molecule is NC(=O)Nc1cccc2cnccc12. The Hall–Kier alpha value is -2.10. The van der Waals surface area contributed by atoms with E-state index in [1.165, 1.54) is 0 Å². The van der Waals surface area contributed by atoms with Crippen LogP contribution < -0.4 is 11.1 Å². The minimum absolute atomic E-state index is 0.561. The number of hydrogen-bond acceptors (Lipinski definition) is 2. The van der Waals surface area contributed by atoms with E-state index in [4.69, 9.17) is 5.73 Å². The summed E-state index contributed by atoms with van der Waals surface area (Å²) < 4.78 is 0. The number of benzene rings is 1. The lowest BCUT2D eigenvalue weighted by Crippen LogP contribution is -2.19. The Bertz CT molecular complexity index is 476. The van der Waals surface area contributed by atoms with Crippen LogP contribution in [0.5, 0.6) is 0 Å². The van der Waals surface area contributed by atoms with Gasteiger partial charge in [0.05, 0.1) is 5.69 Å². The first kappa shape index (κ1) is 8.50. The van der Waals surface area contributed by atoms with Crippen LogP contribution in [-0.4, -0.2) is 11.0 Å². The molecular weight excluding hydrogens is 178 g/mol. The molecule has 1 heterocycles. The fraction of sp³-hybridized carbons (Fsp3) is 0. The zero-order valence-electron chi connectivity index (χ0n) is 7.40. The van der Waals surface area contributed by atoms with Gasteiger partial charge in [-0.3, -0.25) is 4.98 Å². The van der Waals surface area contributed by atoms with Gasteiger partial charge in [-0.15, -0.1) is 0 Å². The second-order valence-electron chi connectivity index (χ2n) is 2.89. The molecule has 14 heavy (non-hydrogen) atoms. The molecule has 0 bridgehead atoms. The first-order chi connectivity index (χ1) is 6.77. The molecule has 2 aromatic rings. The monoisotopic (exact) mass is 187 g/mol. The van der Waals surface area contributed by atoms with Crippen molar-refractivity contribution < 1.29 is 4.79 Å². The van der Waals surface area contributed by atoms with Gasteiger partial charge < -0.3 is 11.1 Å². The Labute approximate surface area is 80.7 Å². The van der Waals surface area contributed by atoms with E-state index in [0.29, 0.717) is 5.69 Å². The standard InChI is InChI=1S/C10H9N3O/c11-10(14)13-9-3-1-2-7-6-12-5-4-8(7)9/h1-6H,(H3,11,13,14). The number of anilines is 1. The number of urea groups is 1. The summed E-state index contributed by atoms with van der Waals surface area (Å²) in [4.78, 5) is 14.7. The molecule has 0 spiro atoms. The van der Waals surface area contributed by atoms with Gasteiger partial charge in [0.25, 0.3) is 0 Å². The van der Waals surface area contributed by atoms with E-state index in [-0.39, 0.29) is 0 Å². The first-order valence-corrected chi connectivity index (χ1v) is 4.16. The Kier molecular flexibility index (Phi) is 2.02. The van der Waals surface area contributed by atoms with Crippen molar-refractivity contribution >= 4 is 22.5 Å². The van der Waals surface area contributed by atoms with Gasteiger partial charge >= 0.3 is 6.03 Å². The van der Waals surface area contributed by atoms with Crippen molar-refractivity contribution in [2.45, 2.75) is 0 Å². The number of carbonyl (C=O) groups is 1. The van der Waals surface area contributed by atoms with Gasteiger partial charge in [-0.25, -0.2) is 4.79 Å². The molecule has 70 valence electrons. The van der Waals surface area contributed by atoms with Crippen molar-refractivity contribution in [1.29, 1.82) is 0 Å². The third kappa shape index (κ3) is 1.50. The van der Waals surface area contributed by atoms with Gasteiger partial charge in [-0.05, 0) is 12.1 Å². The highest BCUT2D eigenvalue weighted by Gasteiger charge is 2.01.